The number of carboxylic acids is 1. The molecule has 0 spiro atoms. The van der Waals surface area contributed by atoms with Gasteiger partial charge in [-0.2, -0.15) is 0 Å². The molecule has 4 amide bonds. The summed E-state index contributed by atoms with van der Waals surface area (Å²) in [5.41, 5.74) is 0.546. The Morgan fingerprint density at radius 3 is 2.42 bits per heavy atom. The molecule has 1 heterocycles. The lowest BCUT2D eigenvalue weighted by Crippen LogP contribution is -2.54. The van der Waals surface area contributed by atoms with Gasteiger partial charge < -0.3 is 30.8 Å². The smallest absolute Gasteiger partial charge is 0.305 e. The van der Waals surface area contributed by atoms with E-state index in [2.05, 4.69) is 16.0 Å². The molecule has 12 heteroatoms. The van der Waals surface area contributed by atoms with Crippen LogP contribution in [0.15, 0.2) is 18.2 Å². The third-order valence-corrected chi connectivity index (χ3v) is 5.85. The summed E-state index contributed by atoms with van der Waals surface area (Å²) in [5, 5.41) is 16.6. The maximum atomic E-state index is 13.0. The summed E-state index contributed by atoms with van der Waals surface area (Å²) in [6.45, 7) is 5.58. The summed E-state index contributed by atoms with van der Waals surface area (Å²) >= 11 is 6.22. The van der Waals surface area contributed by atoms with Gasteiger partial charge in [0.05, 0.1) is 23.2 Å². The Morgan fingerprint density at radius 2 is 1.83 bits per heavy atom. The molecule has 196 valence electrons. The highest BCUT2D eigenvalue weighted by molar-refractivity contribution is 6.34. The van der Waals surface area contributed by atoms with Crippen LogP contribution >= 0.6 is 11.6 Å². The average molecular weight is 523 g/mol. The van der Waals surface area contributed by atoms with Gasteiger partial charge in [-0.1, -0.05) is 25.4 Å². The van der Waals surface area contributed by atoms with E-state index in [1.807, 2.05) is 13.8 Å². The predicted octanol–water partition coefficient (Wildman–Crippen LogP) is 1.59. The number of rotatable bonds is 11. The summed E-state index contributed by atoms with van der Waals surface area (Å²) in [5.74, 6) is -2.96. The Kier molecular flexibility index (Phi) is 10.4. The van der Waals surface area contributed by atoms with Crippen molar-refractivity contribution in [3.8, 4) is 0 Å². The highest BCUT2D eigenvalue weighted by atomic mass is 35.5. The number of hydrogen-bond acceptors (Lipinski definition) is 6. The fourth-order valence-electron chi connectivity index (χ4n) is 3.82. The van der Waals surface area contributed by atoms with E-state index in [1.54, 1.807) is 0 Å². The maximum Gasteiger partial charge on any atom is 0.305 e. The van der Waals surface area contributed by atoms with E-state index in [9.17, 15) is 28.8 Å². The van der Waals surface area contributed by atoms with E-state index >= 15 is 0 Å². The Morgan fingerprint density at radius 1 is 1.14 bits per heavy atom. The van der Waals surface area contributed by atoms with E-state index in [0.717, 1.165) is 0 Å². The van der Waals surface area contributed by atoms with E-state index in [-0.39, 0.29) is 29.0 Å². The zero-order valence-electron chi connectivity index (χ0n) is 20.4. The number of hydrogen-bond donors (Lipinski definition) is 4. The van der Waals surface area contributed by atoms with E-state index < -0.39 is 48.2 Å². The van der Waals surface area contributed by atoms with Crippen LogP contribution in [0.1, 0.15) is 56.8 Å². The van der Waals surface area contributed by atoms with Crippen molar-refractivity contribution < 1.29 is 33.9 Å². The van der Waals surface area contributed by atoms with E-state index in [0.29, 0.717) is 31.2 Å². The van der Waals surface area contributed by atoms with Gasteiger partial charge in [0.15, 0.2) is 0 Å². The summed E-state index contributed by atoms with van der Waals surface area (Å²) in [4.78, 5) is 73.5. The number of benzene rings is 1. The second-order valence-electron chi connectivity index (χ2n) is 9.07. The molecular formula is C24H31ClN4O7. The minimum absolute atomic E-state index is 0.168. The van der Waals surface area contributed by atoms with Crippen LogP contribution in [0, 0.1) is 5.92 Å². The van der Waals surface area contributed by atoms with Crippen LogP contribution in [0.2, 0.25) is 5.02 Å². The zero-order valence-corrected chi connectivity index (χ0v) is 21.1. The molecule has 0 aromatic heterocycles. The Hall–Kier alpha value is -3.47. The third kappa shape index (κ3) is 8.04. The van der Waals surface area contributed by atoms with Crippen molar-refractivity contribution in [3.63, 3.8) is 0 Å². The van der Waals surface area contributed by atoms with E-state index in [1.165, 1.54) is 30.0 Å². The molecule has 1 fully saturated rings. The van der Waals surface area contributed by atoms with Crippen molar-refractivity contribution in [2.24, 2.45) is 5.92 Å². The molecule has 11 nitrogen and oxygen atoms in total. The van der Waals surface area contributed by atoms with Crippen LogP contribution in [-0.2, 0) is 24.0 Å². The lowest BCUT2D eigenvalue weighted by atomic mass is 10.1. The summed E-state index contributed by atoms with van der Waals surface area (Å²) in [6, 6.07) is 1.30. The van der Waals surface area contributed by atoms with Gasteiger partial charge in [0.25, 0.3) is 5.91 Å². The molecule has 1 aromatic rings. The van der Waals surface area contributed by atoms with Crippen molar-refractivity contribution >= 4 is 53.2 Å². The van der Waals surface area contributed by atoms with Crippen LogP contribution < -0.4 is 16.0 Å². The van der Waals surface area contributed by atoms with Crippen molar-refractivity contribution in [2.75, 3.05) is 11.9 Å². The largest absolute Gasteiger partial charge is 0.481 e. The van der Waals surface area contributed by atoms with Gasteiger partial charge in [-0.05, 0) is 43.9 Å². The van der Waals surface area contributed by atoms with Gasteiger partial charge in [-0.15, -0.1) is 0 Å². The van der Waals surface area contributed by atoms with Gasteiger partial charge in [0, 0.05) is 18.5 Å². The third-order valence-electron chi connectivity index (χ3n) is 5.54. The van der Waals surface area contributed by atoms with Crippen LogP contribution in [-0.4, -0.2) is 70.6 Å². The molecule has 1 saturated heterocycles. The first-order valence-corrected chi connectivity index (χ1v) is 12.0. The predicted molar refractivity (Wildman–Crippen MR) is 131 cm³/mol. The summed E-state index contributed by atoms with van der Waals surface area (Å²) in [6.07, 6.45) is 0.974. The molecule has 1 aliphatic rings. The first kappa shape index (κ1) is 28.8. The molecule has 0 radical (unpaired) electrons. The molecule has 0 bridgehead atoms. The molecule has 0 saturated carbocycles. The van der Waals surface area contributed by atoms with Crippen LogP contribution in [0.5, 0.6) is 0 Å². The fraction of sp³-hybridized carbons (Fsp3) is 0.500. The average Bonchev–Trinajstić information content (AvgIpc) is 3.28. The molecule has 3 atom stereocenters. The highest BCUT2D eigenvalue weighted by Crippen LogP contribution is 2.24. The molecule has 1 aromatic carbocycles. The molecule has 36 heavy (non-hydrogen) atoms. The topological polar surface area (TPSA) is 162 Å². The SMILES string of the molecule is CC(C)CC(=O)Nc1ccc(C(=O)NC(C)C(=O)N2CCCC2C(=O)NC(C=O)CC(=O)O)cc1Cl. The first-order chi connectivity index (χ1) is 16.9. The first-order valence-electron chi connectivity index (χ1n) is 11.6. The minimum Gasteiger partial charge on any atom is -0.481 e. The van der Waals surface area contributed by atoms with Gasteiger partial charge in [0.1, 0.15) is 18.4 Å². The number of likely N-dealkylation sites (tertiary alicyclic amines) is 1. The van der Waals surface area contributed by atoms with Crippen LogP contribution in [0.4, 0.5) is 5.69 Å². The number of halogens is 1. The quantitative estimate of drug-likeness (QED) is 0.321. The summed E-state index contributed by atoms with van der Waals surface area (Å²) < 4.78 is 0. The van der Waals surface area contributed by atoms with Gasteiger partial charge in [0.2, 0.25) is 17.7 Å². The number of carboxylic acid groups (broad SMARTS) is 1. The Balaban J connectivity index is 2.01. The Labute approximate surface area is 213 Å². The number of carbonyl (C=O) groups is 6. The fourth-order valence-corrected chi connectivity index (χ4v) is 4.05. The van der Waals surface area contributed by atoms with Crippen molar-refractivity contribution in [3.05, 3.63) is 28.8 Å². The lowest BCUT2D eigenvalue weighted by molar-refractivity contribution is -0.141. The second kappa shape index (κ2) is 13.0. The van der Waals surface area contributed by atoms with Crippen molar-refractivity contribution in [1.82, 2.24) is 15.5 Å². The molecule has 3 unspecified atom stereocenters. The molecular weight excluding hydrogens is 492 g/mol. The number of amides is 4. The van der Waals surface area contributed by atoms with Gasteiger partial charge >= 0.3 is 5.97 Å². The standard InChI is InChI=1S/C24H31ClN4O7/c1-13(2)9-20(31)28-18-7-6-15(10-17(18)25)22(34)26-14(3)24(36)29-8-4-5-19(29)23(35)27-16(12-30)11-21(32)33/h6-7,10,12-14,16,19H,4-5,8-9,11H2,1-3H3,(H,26,34)(H,27,35)(H,28,31)(H,32,33). The number of nitrogens with one attached hydrogen (secondary N) is 3. The minimum atomic E-state index is -1.24. The zero-order chi connectivity index (χ0) is 27.0. The molecule has 0 aliphatic carbocycles. The molecule has 2 rings (SSSR count). The number of anilines is 1. The molecule has 4 N–H and O–H groups in total. The second-order valence-corrected chi connectivity index (χ2v) is 9.48. The van der Waals surface area contributed by atoms with Gasteiger partial charge in [-0.25, -0.2) is 0 Å². The number of carbonyl (C=O) groups excluding carboxylic acids is 5. The van der Waals surface area contributed by atoms with Crippen LogP contribution in [0.3, 0.4) is 0 Å². The monoisotopic (exact) mass is 522 g/mol. The maximum absolute atomic E-state index is 13.0. The Bertz CT molecular complexity index is 1030. The lowest BCUT2D eigenvalue weighted by Gasteiger charge is -2.27. The summed E-state index contributed by atoms with van der Waals surface area (Å²) in [7, 11) is 0. The molecule has 1 aliphatic heterocycles. The highest BCUT2D eigenvalue weighted by Gasteiger charge is 2.37. The van der Waals surface area contributed by atoms with Crippen molar-refractivity contribution in [1.29, 1.82) is 0 Å². The van der Waals surface area contributed by atoms with Crippen molar-refractivity contribution in [2.45, 2.75) is 64.6 Å². The van der Waals surface area contributed by atoms with E-state index in [4.69, 9.17) is 16.7 Å². The van der Waals surface area contributed by atoms with Gasteiger partial charge in [-0.3, -0.25) is 24.0 Å². The number of nitrogens with zero attached hydrogens (tertiary/aromatic N) is 1. The van der Waals surface area contributed by atoms with Crippen LogP contribution in [0.25, 0.3) is 0 Å². The normalized spacial score (nSPS) is 16.7. The number of aldehydes is 1. The number of aliphatic carboxylic acids is 1.